The summed E-state index contributed by atoms with van der Waals surface area (Å²) in [4.78, 5) is 28.1. The van der Waals surface area contributed by atoms with E-state index in [1.54, 1.807) is 14.2 Å². The number of fused-ring (bicyclic) bond motifs is 6. The molecule has 3 aliphatic rings. The van der Waals surface area contributed by atoms with Crippen molar-refractivity contribution < 1.29 is 19.0 Å². The number of nitrogens with one attached hydrogen (secondary N) is 1. The minimum atomic E-state index is -0.502. The smallest absolute Gasteiger partial charge is 0.308 e. The van der Waals surface area contributed by atoms with Crippen LogP contribution in [0.15, 0.2) is 179 Å². The first-order chi connectivity index (χ1) is 28.4. The van der Waals surface area contributed by atoms with Crippen LogP contribution < -0.4 is 24.9 Å². The molecule has 0 unspecified atom stereocenters. The molecule has 8 bridgehead atoms. The summed E-state index contributed by atoms with van der Waals surface area (Å²) in [6.07, 6.45) is 8.13. The van der Waals surface area contributed by atoms with E-state index in [-0.39, 0.29) is 5.75 Å². The average molecular weight is 758 g/mol. The number of methoxy groups -OCH3 is 2. The molecule has 0 fully saturated rings. The van der Waals surface area contributed by atoms with Gasteiger partial charge >= 0.3 is 5.97 Å². The molecule has 4 heterocycles. The first-order valence-electron chi connectivity index (χ1n) is 19.1. The van der Waals surface area contributed by atoms with Gasteiger partial charge in [-0.05, 0) is 65.6 Å². The minimum Gasteiger partial charge on any atom is -0.496 e. The minimum absolute atomic E-state index is 0.275. The molecule has 0 saturated carbocycles. The highest BCUT2D eigenvalue weighted by molar-refractivity contribution is 6.31. The molecule has 0 saturated heterocycles. The van der Waals surface area contributed by atoms with Crippen molar-refractivity contribution in [2.45, 2.75) is 13.8 Å². The topological polar surface area (TPSA) is 85.3 Å². The number of allylic oxidation sites excluding steroid dienone is 4. The predicted octanol–water partition coefficient (Wildman–Crippen LogP) is 8.92. The van der Waals surface area contributed by atoms with Crippen LogP contribution in [-0.4, -0.2) is 36.6 Å². The Labute approximate surface area is 336 Å². The summed E-state index contributed by atoms with van der Waals surface area (Å²) in [6.45, 7) is 3.37. The molecule has 58 heavy (non-hydrogen) atoms. The maximum atomic E-state index is 13.4. The zero-order valence-electron chi connectivity index (χ0n) is 32.5. The molecule has 1 aromatic heterocycles. The Bertz CT molecular complexity index is 2740. The molecular weight excluding hydrogens is 719 g/mol. The summed E-state index contributed by atoms with van der Waals surface area (Å²) in [5.41, 5.74) is 11.7. The third kappa shape index (κ3) is 6.33. The number of ether oxygens (including phenoxy) is 3. The van der Waals surface area contributed by atoms with Crippen molar-refractivity contribution in [1.82, 2.24) is 4.98 Å². The van der Waals surface area contributed by atoms with Crippen LogP contribution in [0.25, 0.3) is 22.3 Å². The lowest BCUT2D eigenvalue weighted by molar-refractivity contribution is -0.131. The van der Waals surface area contributed by atoms with Gasteiger partial charge in [-0.1, -0.05) is 121 Å². The van der Waals surface area contributed by atoms with Crippen LogP contribution in [0.1, 0.15) is 45.9 Å². The number of hydrogen-bond donors (Lipinski definition) is 1. The Kier molecular flexibility index (Phi) is 9.47. The van der Waals surface area contributed by atoms with E-state index >= 15 is 0 Å². The molecule has 7 nitrogen and oxygen atoms in total. The van der Waals surface area contributed by atoms with Gasteiger partial charge in [0.15, 0.2) is 5.75 Å². The van der Waals surface area contributed by atoms with Crippen LogP contribution in [-0.2, 0) is 4.79 Å². The number of aliphatic imine (C=N–C) groups is 2. The molecule has 9 rings (SSSR count). The van der Waals surface area contributed by atoms with Gasteiger partial charge in [0.05, 0.1) is 48.2 Å². The Morgan fingerprint density at radius 2 is 0.845 bits per heavy atom. The first-order valence-corrected chi connectivity index (χ1v) is 19.1. The normalized spacial score (nSPS) is 14.5. The number of esters is 1. The second-order valence-electron chi connectivity index (χ2n) is 14.0. The van der Waals surface area contributed by atoms with Crippen molar-refractivity contribution in [3.8, 4) is 17.2 Å². The molecule has 5 aromatic carbocycles. The molecule has 0 amide bonds. The molecule has 3 aliphatic heterocycles. The van der Waals surface area contributed by atoms with Crippen LogP contribution in [0.4, 0.5) is 0 Å². The van der Waals surface area contributed by atoms with E-state index in [0.717, 1.165) is 72.2 Å². The van der Waals surface area contributed by atoms with Gasteiger partial charge in [0.25, 0.3) is 0 Å². The highest BCUT2D eigenvalue weighted by Gasteiger charge is 2.34. The van der Waals surface area contributed by atoms with Crippen LogP contribution in [0.2, 0.25) is 0 Å². The molecule has 0 aliphatic carbocycles. The van der Waals surface area contributed by atoms with Crippen LogP contribution in [0.3, 0.4) is 0 Å². The van der Waals surface area contributed by atoms with E-state index in [9.17, 15) is 4.79 Å². The maximum absolute atomic E-state index is 13.4. The summed E-state index contributed by atoms with van der Waals surface area (Å²) in [5.74, 6) is 0.757. The van der Waals surface area contributed by atoms with Crippen molar-refractivity contribution in [3.05, 3.63) is 219 Å². The van der Waals surface area contributed by atoms with E-state index in [1.165, 1.54) is 6.92 Å². The van der Waals surface area contributed by atoms with E-state index in [4.69, 9.17) is 24.2 Å². The quantitative estimate of drug-likeness (QED) is 0.130. The Morgan fingerprint density at radius 1 is 0.483 bits per heavy atom. The van der Waals surface area contributed by atoms with Crippen LogP contribution in [0, 0.1) is 6.92 Å². The van der Waals surface area contributed by atoms with Crippen molar-refractivity contribution in [1.29, 1.82) is 0 Å². The molecule has 0 atom stereocenters. The molecule has 7 heteroatoms. The van der Waals surface area contributed by atoms with Gasteiger partial charge in [-0.2, -0.15) is 0 Å². The standard InChI is InChI=1S/C51H39N3O4/c1-31-49(56-3)47-45(35-21-13-7-14-22-35)41-29-27-39(53-41)43(33-17-9-5-10-18-33)37-25-26-38(52-37)44(34-19-11-6-12-20-34)40-28-30-42(54-40)46(36-23-15-8-16-24-36)48(50(31)57-4)51(47)58-32(2)55/h5-30,52H,1-4H3. The molecule has 0 radical (unpaired) electrons. The largest absolute Gasteiger partial charge is 0.496 e. The average Bonchev–Trinajstić information content (AvgIpc) is 4.05. The van der Waals surface area contributed by atoms with Gasteiger partial charge in [-0.25, -0.2) is 9.98 Å². The van der Waals surface area contributed by atoms with E-state index in [1.807, 2.05) is 128 Å². The summed E-state index contributed by atoms with van der Waals surface area (Å²) < 4.78 is 19.1. The fraction of sp³-hybridized carbons (Fsp3) is 0.0784. The molecule has 0 spiro atoms. The number of aromatic nitrogens is 1. The highest BCUT2D eigenvalue weighted by Crippen LogP contribution is 2.53. The van der Waals surface area contributed by atoms with E-state index < -0.39 is 5.97 Å². The summed E-state index contributed by atoms with van der Waals surface area (Å²) >= 11 is 0. The van der Waals surface area contributed by atoms with Crippen LogP contribution in [0.5, 0.6) is 17.2 Å². The zero-order valence-corrected chi connectivity index (χ0v) is 32.5. The Balaban J connectivity index is 1.54. The Morgan fingerprint density at radius 3 is 1.19 bits per heavy atom. The summed E-state index contributed by atoms with van der Waals surface area (Å²) in [5, 5.41) is 1.80. The fourth-order valence-electron chi connectivity index (χ4n) is 8.13. The van der Waals surface area contributed by atoms with Crippen molar-refractivity contribution in [2.75, 3.05) is 14.2 Å². The van der Waals surface area contributed by atoms with Crippen LogP contribution >= 0.6 is 0 Å². The number of aromatic amines is 1. The lowest BCUT2D eigenvalue weighted by Gasteiger charge is -2.26. The lowest BCUT2D eigenvalue weighted by Crippen LogP contribution is -2.21. The number of carbonyl (C=O) groups excluding carboxylic acids is 1. The number of rotatable bonds is 7. The van der Waals surface area contributed by atoms with Gasteiger partial charge in [-0.3, -0.25) is 4.79 Å². The predicted molar refractivity (Wildman–Crippen MR) is 232 cm³/mol. The third-order valence-corrected chi connectivity index (χ3v) is 10.5. The van der Waals surface area contributed by atoms with Gasteiger partial charge in [0.2, 0.25) is 0 Å². The molecule has 1 N–H and O–H groups in total. The number of benzene rings is 5. The van der Waals surface area contributed by atoms with Gasteiger partial charge in [-0.15, -0.1) is 0 Å². The third-order valence-electron chi connectivity index (χ3n) is 10.5. The maximum Gasteiger partial charge on any atom is 0.308 e. The number of H-pyrrole nitrogens is 1. The van der Waals surface area contributed by atoms with Crippen molar-refractivity contribution in [3.63, 3.8) is 0 Å². The Hall–Kier alpha value is -7.51. The lowest BCUT2D eigenvalue weighted by atomic mass is 9.85. The SMILES string of the molecule is COc1c(C)c(OC)c2c(OC(C)=O)c1C(c1ccccc1)=C1C=CC(=N1)C(c1ccccc1)=c1ccc([nH]1)=C(c1ccccc1)C1=NC(=C2c2ccccc2)C=C1. The van der Waals surface area contributed by atoms with Gasteiger partial charge in [0, 0.05) is 45.5 Å². The molecular formula is C51H39N3O4. The zero-order chi connectivity index (χ0) is 39.8. The van der Waals surface area contributed by atoms with E-state index in [2.05, 4.69) is 41.4 Å². The number of hydrogen-bond acceptors (Lipinski definition) is 6. The van der Waals surface area contributed by atoms with E-state index in [0.29, 0.717) is 34.0 Å². The first kappa shape index (κ1) is 36.1. The summed E-state index contributed by atoms with van der Waals surface area (Å²) in [7, 11) is 3.25. The number of carbonyl (C=O) groups is 1. The second-order valence-corrected chi connectivity index (χ2v) is 14.0. The summed E-state index contributed by atoms with van der Waals surface area (Å²) in [6, 6.07) is 44.8. The fourth-order valence-corrected chi connectivity index (χ4v) is 8.13. The second kappa shape index (κ2) is 15.2. The van der Waals surface area contributed by atoms with Crippen molar-refractivity contribution in [2.24, 2.45) is 9.98 Å². The molecule has 6 aromatic rings. The number of nitrogens with zero attached hydrogens (tertiary/aromatic N) is 2. The van der Waals surface area contributed by atoms with Gasteiger partial charge in [0.1, 0.15) is 11.5 Å². The van der Waals surface area contributed by atoms with Crippen molar-refractivity contribution >= 4 is 39.7 Å². The highest BCUT2D eigenvalue weighted by atomic mass is 16.5. The monoisotopic (exact) mass is 757 g/mol. The molecule has 282 valence electrons. The van der Waals surface area contributed by atoms with Gasteiger partial charge < -0.3 is 19.2 Å².